The van der Waals surface area contributed by atoms with Gasteiger partial charge in [0.05, 0.1) is 0 Å². The summed E-state index contributed by atoms with van der Waals surface area (Å²) in [6.45, 7) is 5.72. The van der Waals surface area contributed by atoms with Gasteiger partial charge in [-0.2, -0.15) is 0 Å². The molecule has 0 aliphatic rings. The Kier molecular flexibility index (Phi) is 6.26. The molecule has 0 saturated heterocycles. The molecule has 2 N–H and O–H groups in total. The van der Waals surface area contributed by atoms with Gasteiger partial charge in [0, 0.05) is 22.6 Å². The fourth-order valence-corrected chi connectivity index (χ4v) is 2.27. The average molecular weight is 317 g/mol. The molecule has 1 rings (SSSR count). The van der Waals surface area contributed by atoms with Crippen molar-refractivity contribution in [3.05, 3.63) is 34.1 Å². The summed E-state index contributed by atoms with van der Waals surface area (Å²) >= 11 is 3.27. The Morgan fingerprint density at radius 3 is 2.56 bits per heavy atom. The standard InChI is InChI=1S/C14H22BrFN2/c1-10(2)6-7-18(3)14(9-17)12-5-4-11(15)8-13(12)16/h4-5,8,10,14H,6-7,9,17H2,1-3H3. The molecule has 4 heteroatoms. The van der Waals surface area contributed by atoms with Crippen LogP contribution in [0.15, 0.2) is 22.7 Å². The van der Waals surface area contributed by atoms with Gasteiger partial charge in [0.15, 0.2) is 0 Å². The van der Waals surface area contributed by atoms with Crippen LogP contribution in [0.4, 0.5) is 4.39 Å². The summed E-state index contributed by atoms with van der Waals surface area (Å²) < 4.78 is 14.7. The van der Waals surface area contributed by atoms with E-state index in [0.717, 1.165) is 17.4 Å². The fourth-order valence-electron chi connectivity index (χ4n) is 1.93. The smallest absolute Gasteiger partial charge is 0.129 e. The van der Waals surface area contributed by atoms with Crippen molar-refractivity contribution in [1.82, 2.24) is 4.90 Å². The van der Waals surface area contributed by atoms with Crippen LogP contribution in [0.3, 0.4) is 0 Å². The zero-order chi connectivity index (χ0) is 13.7. The molecule has 0 aromatic heterocycles. The Morgan fingerprint density at radius 1 is 1.39 bits per heavy atom. The van der Waals surface area contributed by atoms with Crippen LogP contribution in [0.2, 0.25) is 0 Å². The molecule has 1 aromatic rings. The van der Waals surface area contributed by atoms with Gasteiger partial charge in [0.25, 0.3) is 0 Å². The Balaban J connectivity index is 2.81. The molecule has 0 saturated carbocycles. The summed E-state index contributed by atoms with van der Waals surface area (Å²) in [6, 6.07) is 5.10. The lowest BCUT2D eigenvalue weighted by Gasteiger charge is -2.28. The van der Waals surface area contributed by atoms with E-state index < -0.39 is 0 Å². The van der Waals surface area contributed by atoms with E-state index in [4.69, 9.17) is 5.73 Å². The van der Waals surface area contributed by atoms with Crippen LogP contribution in [-0.2, 0) is 0 Å². The van der Waals surface area contributed by atoms with Crippen molar-refractivity contribution in [2.75, 3.05) is 20.1 Å². The first-order valence-corrected chi connectivity index (χ1v) is 7.10. The number of hydrogen-bond donors (Lipinski definition) is 1. The normalized spacial score (nSPS) is 13.3. The van der Waals surface area contributed by atoms with Crippen LogP contribution in [0.1, 0.15) is 31.9 Å². The predicted octanol–water partition coefficient (Wildman–Crippen LogP) is 3.57. The highest BCUT2D eigenvalue weighted by Gasteiger charge is 2.19. The molecule has 0 aliphatic heterocycles. The van der Waals surface area contributed by atoms with Crippen molar-refractivity contribution in [2.24, 2.45) is 11.7 Å². The minimum absolute atomic E-state index is 0.0585. The molecule has 0 radical (unpaired) electrons. The van der Waals surface area contributed by atoms with Crippen molar-refractivity contribution < 1.29 is 4.39 Å². The van der Waals surface area contributed by atoms with Crippen LogP contribution >= 0.6 is 15.9 Å². The monoisotopic (exact) mass is 316 g/mol. The Bertz CT molecular complexity index is 382. The number of halogens is 2. The largest absolute Gasteiger partial charge is 0.329 e. The van der Waals surface area contributed by atoms with Crippen molar-refractivity contribution >= 4 is 15.9 Å². The quantitative estimate of drug-likeness (QED) is 0.869. The molecule has 2 nitrogen and oxygen atoms in total. The van der Waals surface area contributed by atoms with Crippen LogP contribution in [0.5, 0.6) is 0 Å². The fraction of sp³-hybridized carbons (Fsp3) is 0.571. The van der Waals surface area contributed by atoms with Gasteiger partial charge in [0.1, 0.15) is 5.82 Å². The maximum absolute atomic E-state index is 13.9. The molecule has 0 fully saturated rings. The molecule has 0 aliphatic carbocycles. The Hall–Kier alpha value is -0.450. The van der Waals surface area contributed by atoms with E-state index in [-0.39, 0.29) is 11.9 Å². The van der Waals surface area contributed by atoms with Gasteiger partial charge >= 0.3 is 0 Å². The molecule has 1 unspecified atom stereocenters. The lowest BCUT2D eigenvalue weighted by Crippen LogP contribution is -2.32. The van der Waals surface area contributed by atoms with Crippen molar-refractivity contribution in [2.45, 2.75) is 26.3 Å². The summed E-state index contributed by atoms with van der Waals surface area (Å²) in [6.07, 6.45) is 1.09. The Morgan fingerprint density at radius 2 is 2.06 bits per heavy atom. The van der Waals surface area contributed by atoms with E-state index in [1.165, 1.54) is 6.07 Å². The highest BCUT2D eigenvalue weighted by Crippen LogP contribution is 2.24. The molecule has 0 heterocycles. The van der Waals surface area contributed by atoms with E-state index in [1.807, 2.05) is 19.2 Å². The first kappa shape index (κ1) is 15.6. The lowest BCUT2D eigenvalue weighted by atomic mass is 10.0. The second-order valence-electron chi connectivity index (χ2n) is 5.08. The molecule has 0 amide bonds. The minimum atomic E-state index is -0.198. The second kappa shape index (κ2) is 7.22. The third kappa shape index (κ3) is 4.34. The second-order valence-corrected chi connectivity index (χ2v) is 6.00. The van der Waals surface area contributed by atoms with Crippen LogP contribution in [0, 0.1) is 11.7 Å². The van der Waals surface area contributed by atoms with Crippen LogP contribution in [-0.4, -0.2) is 25.0 Å². The zero-order valence-corrected chi connectivity index (χ0v) is 12.9. The molecule has 102 valence electrons. The van der Waals surface area contributed by atoms with Gasteiger partial charge in [0.2, 0.25) is 0 Å². The van der Waals surface area contributed by atoms with Gasteiger partial charge in [-0.1, -0.05) is 35.8 Å². The first-order chi connectivity index (χ1) is 8.45. The molecule has 0 bridgehead atoms. The predicted molar refractivity (Wildman–Crippen MR) is 78.0 cm³/mol. The maximum atomic E-state index is 13.9. The molecule has 1 aromatic carbocycles. The van der Waals surface area contributed by atoms with Crippen LogP contribution in [0.25, 0.3) is 0 Å². The summed E-state index contributed by atoms with van der Waals surface area (Å²) in [5.41, 5.74) is 6.47. The van der Waals surface area contributed by atoms with Crippen molar-refractivity contribution in [1.29, 1.82) is 0 Å². The number of hydrogen-bond acceptors (Lipinski definition) is 2. The number of nitrogens with two attached hydrogens (primary N) is 1. The topological polar surface area (TPSA) is 29.3 Å². The van der Waals surface area contributed by atoms with Crippen molar-refractivity contribution in [3.8, 4) is 0 Å². The summed E-state index contributed by atoms with van der Waals surface area (Å²) in [5, 5.41) is 0. The van der Waals surface area contributed by atoms with Gasteiger partial charge < -0.3 is 5.73 Å². The molecule has 18 heavy (non-hydrogen) atoms. The van der Waals surface area contributed by atoms with E-state index >= 15 is 0 Å². The van der Waals surface area contributed by atoms with Crippen molar-refractivity contribution in [3.63, 3.8) is 0 Å². The molecular formula is C14H22BrFN2. The van der Waals surface area contributed by atoms with Gasteiger partial charge in [-0.05, 0) is 38.1 Å². The SMILES string of the molecule is CC(C)CCN(C)C(CN)c1ccc(Br)cc1F. The van der Waals surface area contributed by atoms with Gasteiger partial charge in [-0.15, -0.1) is 0 Å². The minimum Gasteiger partial charge on any atom is -0.329 e. The number of benzene rings is 1. The lowest BCUT2D eigenvalue weighted by molar-refractivity contribution is 0.231. The number of nitrogens with zero attached hydrogens (tertiary/aromatic N) is 1. The molecule has 1 atom stereocenters. The third-order valence-electron chi connectivity index (χ3n) is 3.14. The summed E-state index contributed by atoms with van der Waals surface area (Å²) in [4.78, 5) is 2.13. The van der Waals surface area contributed by atoms with E-state index in [0.29, 0.717) is 18.0 Å². The number of rotatable bonds is 6. The average Bonchev–Trinajstić information content (AvgIpc) is 2.30. The van der Waals surface area contributed by atoms with Crippen LogP contribution < -0.4 is 5.73 Å². The first-order valence-electron chi connectivity index (χ1n) is 6.31. The van der Waals surface area contributed by atoms with Gasteiger partial charge in [-0.3, -0.25) is 4.90 Å². The van der Waals surface area contributed by atoms with Gasteiger partial charge in [-0.25, -0.2) is 4.39 Å². The number of likely N-dealkylation sites (N-methyl/N-ethyl adjacent to an activating group) is 1. The Labute approximate surface area is 117 Å². The molecule has 0 spiro atoms. The summed E-state index contributed by atoms with van der Waals surface area (Å²) in [5.74, 6) is 0.442. The van der Waals surface area contributed by atoms with E-state index in [2.05, 4.69) is 34.7 Å². The van der Waals surface area contributed by atoms with E-state index in [9.17, 15) is 4.39 Å². The highest BCUT2D eigenvalue weighted by molar-refractivity contribution is 9.10. The maximum Gasteiger partial charge on any atom is 0.129 e. The van der Waals surface area contributed by atoms with E-state index in [1.54, 1.807) is 0 Å². The zero-order valence-electron chi connectivity index (χ0n) is 11.3. The third-order valence-corrected chi connectivity index (χ3v) is 3.63. The summed E-state index contributed by atoms with van der Waals surface area (Å²) in [7, 11) is 2.00. The highest BCUT2D eigenvalue weighted by atomic mass is 79.9. The molecular weight excluding hydrogens is 295 g/mol.